The molecule has 0 aliphatic rings. The van der Waals surface area contributed by atoms with E-state index in [1.807, 2.05) is 18.2 Å². The van der Waals surface area contributed by atoms with Crippen LogP contribution in [0.1, 0.15) is 0 Å². The van der Waals surface area contributed by atoms with Crippen LogP contribution in [0.5, 0.6) is 0 Å². The Labute approximate surface area is 169 Å². The molecular formula is C17H7Cl6N. The van der Waals surface area contributed by atoms with Crippen molar-refractivity contribution in [2.75, 3.05) is 0 Å². The van der Waals surface area contributed by atoms with Crippen molar-refractivity contribution in [3.05, 3.63) is 72.6 Å². The maximum atomic E-state index is 6.09. The number of nitrogens with zero attached hydrogens (tertiary/aromatic N) is 1. The van der Waals surface area contributed by atoms with Gasteiger partial charge in [-0.2, -0.15) is 0 Å². The summed E-state index contributed by atoms with van der Waals surface area (Å²) in [6.07, 6.45) is 0. The lowest BCUT2D eigenvalue weighted by atomic mass is 10.1. The van der Waals surface area contributed by atoms with Crippen molar-refractivity contribution in [3.8, 4) is 22.5 Å². The van der Waals surface area contributed by atoms with Crippen molar-refractivity contribution < 1.29 is 0 Å². The van der Waals surface area contributed by atoms with E-state index in [1.54, 1.807) is 24.3 Å². The normalized spacial score (nSPS) is 10.9. The zero-order valence-corrected chi connectivity index (χ0v) is 16.3. The van der Waals surface area contributed by atoms with Gasteiger partial charge in [0.25, 0.3) is 0 Å². The van der Waals surface area contributed by atoms with E-state index in [1.165, 1.54) is 0 Å². The highest BCUT2D eigenvalue weighted by atomic mass is 35.5. The Kier molecular flexibility index (Phi) is 5.51. The standard InChI is InChI=1S/C17H7Cl6N/c18-10-4-8(5-11(19)16(10)22)14-2-1-3-15(24-14)9-6-12(20)17(23)13(21)7-9/h1-7H. The Balaban J connectivity index is 2.10. The van der Waals surface area contributed by atoms with E-state index >= 15 is 0 Å². The molecular weight excluding hydrogens is 431 g/mol. The summed E-state index contributed by atoms with van der Waals surface area (Å²) in [6, 6.07) is 12.4. The molecule has 0 spiro atoms. The quantitative estimate of drug-likeness (QED) is 0.367. The first-order valence-corrected chi connectivity index (χ1v) is 8.90. The van der Waals surface area contributed by atoms with Crippen LogP contribution in [0.4, 0.5) is 0 Å². The molecule has 0 bridgehead atoms. The molecule has 3 rings (SSSR count). The highest BCUT2D eigenvalue weighted by Crippen LogP contribution is 2.37. The topological polar surface area (TPSA) is 12.9 Å². The second-order valence-electron chi connectivity index (χ2n) is 4.92. The zero-order valence-electron chi connectivity index (χ0n) is 11.8. The smallest absolute Gasteiger partial charge is 0.0778 e. The summed E-state index contributed by atoms with van der Waals surface area (Å²) in [5, 5.41) is 2.09. The second-order valence-corrected chi connectivity index (χ2v) is 7.30. The average molecular weight is 438 g/mol. The SMILES string of the molecule is Clc1cc(-c2cccc(-c3cc(Cl)c(Cl)c(Cl)c3)n2)cc(Cl)c1Cl. The van der Waals surface area contributed by atoms with Crippen molar-refractivity contribution >= 4 is 69.6 Å². The summed E-state index contributed by atoms with van der Waals surface area (Å²) in [7, 11) is 0. The number of pyridine rings is 1. The molecule has 0 fully saturated rings. The van der Waals surface area contributed by atoms with Gasteiger partial charge in [-0.25, -0.2) is 4.98 Å². The largest absolute Gasteiger partial charge is 0.248 e. The first-order chi connectivity index (χ1) is 11.4. The summed E-state index contributed by atoms with van der Waals surface area (Å²) < 4.78 is 0. The van der Waals surface area contributed by atoms with Gasteiger partial charge < -0.3 is 0 Å². The monoisotopic (exact) mass is 435 g/mol. The Morgan fingerprint density at radius 1 is 0.542 bits per heavy atom. The Morgan fingerprint density at radius 2 is 0.875 bits per heavy atom. The molecule has 0 N–H and O–H groups in total. The fourth-order valence-corrected chi connectivity index (χ4v) is 3.36. The van der Waals surface area contributed by atoms with Gasteiger partial charge in [0.15, 0.2) is 0 Å². The average Bonchev–Trinajstić information content (AvgIpc) is 2.56. The lowest BCUT2D eigenvalue weighted by Gasteiger charge is -2.09. The van der Waals surface area contributed by atoms with Crippen LogP contribution >= 0.6 is 69.6 Å². The van der Waals surface area contributed by atoms with E-state index < -0.39 is 0 Å². The first kappa shape index (κ1) is 18.1. The van der Waals surface area contributed by atoms with Crippen LogP contribution in [-0.4, -0.2) is 4.98 Å². The van der Waals surface area contributed by atoms with Crippen LogP contribution in [0.3, 0.4) is 0 Å². The molecule has 122 valence electrons. The molecule has 0 radical (unpaired) electrons. The van der Waals surface area contributed by atoms with Crippen molar-refractivity contribution in [1.29, 1.82) is 0 Å². The van der Waals surface area contributed by atoms with Gasteiger partial charge >= 0.3 is 0 Å². The van der Waals surface area contributed by atoms with Gasteiger partial charge in [0.2, 0.25) is 0 Å². The summed E-state index contributed by atoms with van der Waals surface area (Å²) >= 11 is 36.3. The molecule has 3 aromatic rings. The molecule has 1 aromatic heterocycles. The highest BCUT2D eigenvalue weighted by molar-refractivity contribution is 6.49. The summed E-state index contributed by atoms with van der Waals surface area (Å²) in [6.45, 7) is 0. The van der Waals surface area contributed by atoms with E-state index in [0.29, 0.717) is 41.5 Å². The van der Waals surface area contributed by atoms with Crippen LogP contribution in [0.2, 0.25) is 30.1 Å². The molecule has 0 aliphatic carbocycles. The van der Waals surface area contributed by atoms with Crippen LogP contribution in [0.25, 0.3) is 22.5 Å². The van der Waals surface area contributed by atoms with E-state index in [2.05, 4.69) is 4.98 Å². The van der Waals surface area contributed by atoms with E-state index in [-0.39, 0.29) is 0 Å². The van der Waals surface area contributed by atoms with Crippen LogP contribution in [0, 0.1) is 0 Å². The predicted octanol–water partition coefficient (Wildman–Crippen LogP) is 8.34. The van der Waals surface area contributed by atoms with Gasteiger partial charge in [0, 0.05) is 11.1 Å². The van der Waals surface area contributed by atoms with E-state index in [4.69, 9.17) is 69.6 Å². The Hall–Kier alpha value is -0.670. The fraction of sp³-hybridized carbons (Fsp3) is 0. The molecule has 7 heteroatoms. The number of benzene rings is 2. The van der Waals surface area contributed by atoms with Crippen molar-refractivity contribution in [2.24, 2.45) is 0 Å². The van der Waals surface area contributed by atoms with Crippen LogP contribution < -0.4 is 0 Å². The third kappa shape index (κ3) is 3.62. The maximum Gasteiger partial charge on any atom is 0.0778 e. The molecule has 0 saturated carbocycles. The lowest BCUT2D eigenvalue weighted by Crippen LogP contribution is -1.89. The molecule has 0 saturated heterocycles. The molecule has 0 unspecified atom stereocenters. The number of halogens is 6. The van der Waals surface area contributed by atoms with Gasteiger partial charge in [-0.15, -0.1) is 0 Å². The minimum absolute atomic E-state index is 0.314. The molecule has 24 heavy (non-hydrogen) atoms. The number of rotatable bonds is 2. The number of aromatic nitrogens is 1. The van der Waals surface area contributed by atoms with Gasteiger partial charge in [-0.3, -0.25) is 0 Å². The molecule has 0 aliphatic heterocycles. The first-order valence-electron chi connectivity index (χ1n) is 6.63. The number of hydrogen-bond donors (Lipinski definition) is 0. The van der Waals surface area contributed by atoms with Gasteiger partial charge in [0.05, 0.1) is 41.5 Å². The van der Waals surface area contributed by atoms with Crippen molar-refractivity contribution in [2.45, 2.75) is 0 Å². The Morgan fingerprint density at radius 3 is 1.21 bits per heavy atom. The van der Waals surface area contributed by atoms with E-state index in [0.717, 1.165) is 11.1 Å². The molecule has 1 nitrogen and oxygen atoms in total. The predicted molar refractivity (Wildman–Crippen MR) is 105 cm³/mol. The maximum absolute atomic E-state index is 6.09. The van der Waals surface area contributed by atoms with Gasteiger partial charge in [-0.05, 0) is 36.4 Å². The fourth-order valence-electron chi connectivity index (χ4n) is 2.16. The molecule has 1 heterocycles. The molecule has 2 aromatic carbocycles. The second kappa shape index (κ2) is 7.29. The Bertz CT molecular complexity index is 819. The van der Waals surface area contributed by atoms with Crippen LogP contribution in [0.15, 0.2) is 42.5 Å². The van der Waals surface area contributed by atoms with Gasteiger partial charge in [-0.1, -0.05) is 75.7 Å². The molecule has 0 atom stereocenters. The minimum atomic E-state index is 0.314. The lowest BCUT2D eigenvalue weighted by molar-refractivity contribution is 1.32. The third-order valence-corrected chi connectivity index (χ3v) is 5.70. The molecule has 0 amide bonds. The van der Waals surface area contributed by atoms with Crippen LogP contribution in [-0.2, 0) is 0 Å². The zero-order chi connectivity index (χ0) is 17.4. The van der Waals surface area contributed by atoms with Crippen molar-refractivity contribution in [3.63, 3.8) is 0 Å². The highest BCUT2D eigenvalue weighted by Gasteiger charge is 2.11. The summed E-state index contributed by atoms with van der Waals surface area (Å²) in [4.78, 5) is 4.62. The van der Waals surface area contributed by atoms with E-state index in [9.17, 15) is 0 Å². The minimum Gasteiger partial charge on any atom is -0.248 e. The third-order valence-electron chi connectivity index (χ3n) is 3.31. The number of hydrogen-bond acceptors (Lipinski definition) is 1. The summed E-state index contributed by atoms with van der Waals surface area (Å²) in [5.41, 5.74) is 2.88. The van der Waals surface area contributed by atoms with Crippen molar-refractivity contribution in [1.82, 2.24) is 4.98 Å². The summed E-state index contributed by atoms with van der Waals surface area (Å²) in [5.74, 6) is 0. The van der Waals surface area contributed by atoms with Gasteiger partial charge in [0.1, 0.15) is 0 Å².